The van der Waals surface area contributed by atoms with Crippen molar-refractivity contribution < 1.29 is 8.42 Å². The highest BCUT2D eigenvalue weighted by atomic mass is 79.9. The van der Waals surface area contributed by atoms with Gasteiger partial charge in [0.15, 0.2) is 0 Å². The summed E-state index contributed by atoms with van der Waals surface area (Å²) in [5, 5.41) is 0. The highest BCUT2D eigenvalue weighted by molar-refractivity contribution is 9.10. The van der Waals surface area contributed by atoms with E-state index in [1.165, 1.54) is 16.7 Å². The van der Waals surface area contributed by atoms with Gasteiger partial charge in [-0.1, -0.05) is 28.1 Å². The van der Waals surface area contributed by atoms with Crippen LogP contribution in [0.4, 0.5) is 0 Å². The second kappa shape index (κ2) is 4.89. The second-order valence-electron chi connectivity index (χ2n) is 3.36. The third-order valence-corrected chi connectivity index (χ3v) is 4.38. The molecule has 0 N–H and O–H groups in total. The number of benzene rings is 1. The predicted molar refractivity (Wildman–Crippen MR) is 70.6 cm³/mol. The lowest BCUT2D eigenvalue weighted by Gasteiger charge is -2.15. The van der Waals surface area contributed by atoms with Crippen LogP contribution in [0, 0.1) is 0 Å². The summed E-state index contributed by atoms with van der Waals surface area (Å²) in [4.78, 5) is 0.261. The van der Waals surface area contributed by atoms with E-state index in [1.807, 2.05) is 0 Å². The Bertz CT molecular complexity index is 569. The molecular weight excluding hydrogens is 302 g/mol. The van der Waals surface area contributed by atoms with Gasteiger partial charge in [-0.25, -0.2) is 12.7 Å². The summed E-state index contributed by atoms with van der Waals surface area (Å²) in [5.74, 6) is 0. The monoisotopic (exact) mass is 311 g/mol. The summed E-state index contributed by atoms with van der Waals surface area (Å²) in [5.41, 5.74) is 0. The van der Waals surface area contributed by atoms with Crippen LogP contribution in [0.15, 0.2) is 70.3 Å². The Hall–Kier alpha value is -1.33. The van der Waals surface area contributed by atoms with Crippen LogP contribution in [-0.4, -0.2) is 12.7 Å². The number of halogens is 1. The molecule has 5 heteroatoms. The molecule has 3 nitrogen and oxygen atoms in total. The van der Waals surface area contributed by atoms with Crippen molar-refractivity contribution >= 4 is 26.0 Å². The van der Waals surface area contributed by atoms with Crippen LogP contribution in [0.5, 0.6) is 0 Å². The molecule has 1 heterocycles. The van der Waals surface area contributed by atoms with Crippen LogP contribution in [0.1, 0.15) is 0 Å². The molecule has 0 spiro atoms. The smallest absolute Gasteiger partial charge is 0.249 e. The first-order valence-electron chi connectivity index (χ1n) is 4.91. The minimum absolute atomic E-state index is 0.261. The Morgan fingerprint density at radius 2 is 1.41 bits per heavy atom. The molecule has 0 saturated heterocycles. The molecule has 1 aliphatic rings. The summed E-state index contributed by atoms with van der Waals surface area (Å²) in [6.45, 7) is 0. The summed E-state index contributed by atoms with van der Waals surface area (Å²) in [6.07, 6.45) is 9.92. The van der Waals surface area contributed by atoms with E-state index in [2.05, 4.69) is 15.9 Å². The lowest BCUT2D eigenvalue weighted by atomic mass is 10.4. The maximum atomic E-state index is 12.2. The van der Waals surface area contributed by atoms with Crippen LogP contribution >= 0.6 is 15.9 Å². The Labute approximate surface area is 109 Å². The van der Waals surface area contributed by atoms with Crippen LogP contribution in [0.25, 0.3) is 0 Å². The number of sulfonamides is 1. The van der Waals surface area contributed by atoms with E-state index in [0.717, 1.165) is 4.47 Å². The van der Waals surface area contributed by atoms with Crippen molar-refractivity contribution in [2.75, 3.05) is 0 Å². The molecule has 0 bridgehead atoms. The van der Waals surface area contributed by atoms with Crippen molar-refractivity contribution in [1.82, 2.24) is 4.31 Å². The van der Waals surface area contributed by atoms with Crippen molar-refractivity contribution in [3.05, 3.63) is 65.4 Å². The van der Waals surface area contributed by atoms with Gasteiger partial charge in [-0.15, -0.1) is 0 Å². The number of allylic oxidation sites excluding steroid dienone is 4. The summed E-state index contributed by atoms with van der Waals surface area (Å²) in [6, 6.07) is 6.55. The molecule has 0 atom stereocenters. The highest BCUT2D eigenvalue weighted by Crippen LogP contribution is 2.20. The lowest BCUT2D eigenvalue weighted by molar-refractivity contribution is 0.553. The summed E-state index contributed by atoms with van der Waals surface area (Å²) < 4.78 is 26.5. The Morgan fingerprint density at radius 1 is 0.882 bits per heavy atom. The van der Waals surface area contributed by atoms with Crippen LogP contribution < -0.4 is 0 Å². The molecule has 2 rings (SSSR count). The van der Waals surface area contributed by atoms with E-state index >= 15 is 0 Å². The molecule has 0 amide bonds. The SMILES string of the molecule is O=S(=O)(c1ccc(Br)cc1)N1C=CC=CC=C1. The first kappa shape index (κ1) is 12.1. The minimum atomic E-state index is -3.50. The summed E-state index contributed by atoms with van der Waals surface area (Å²) in [7, 11) is -3.50. The average Bonchev–Trinajstić information content (AvgIpc) is 2.58. The maximum absolute atomic E-state index is 12.2. The van der Waals surface area contributed by atoms with E-state index < -0.39 is 10.0 Å². The van der Waals surface area contributed by atoms with Gasteiger partial charge >= 0.3 is 0 Å². The third-order valence-electron chi connectivity index (χ3n) is 2.19. The van der Waals surface area contributed by atoms with Crippen molar-refractivity contribution in [2.45, 2.75) is 4.90 Å². The third kappa shape index (κ3) is 2.68. The normalized spacial score (nSPS) is 15.0. The molecule has 1 aromatic carbocycles. The molecule has 0 radical (unpaired) electrons. The van der Waals surface area contributed by atoms with Gasteiger partial charge in [-0.3, -0.25) is 0 Å². The van der Waals surface area contributed by atoms with Gasteiger partial charge in [0.25, 0.3) is 10.0 Å². The molecular formula is C12H10BrNO2S. The standard InChI is InChI=1S/C12H10BrNO2S/c13-11-5-7-12(8-6-11)17(15,16)14-9-3-1-2-4-10-14/h1-10H. The average molecular weight is 312 g/mol. The molecule has 0 unspecified atom stereocenters. The molecule has 17 heavy (non-hydrogen) atoms. The molecule has 1 aromatic rings. The highest BCUT2D eigenvalue weighted by Gasteiger charge is 2.19. The van der Waals surface area contributed by atoms with Crippen molar-refractivity contribution in [3.63, 3.8) is 0 Å². The Morgan fingerprint density at radius 3 is 1.94 bits per heavy atom. The number of nitrogens with zero attached hydrogens (tertiary/aromatic N) is 1. The lowest BCUT2D eigenvalue weighted by Crippen LogP contribution is -2.20. The molecule has 0 aromatic heterocycles. The fraction of sp³-hybridized carbons (Fsp3) is 0. The van der Waals surface area contributed by atoms with Crippen LogP contribution in [0.2, 0.25) is 0 Å². The van der Waals surface area contributed by atoms with Crippen LogP contribution in [-0.2, 0) is 10.0 Å². The molecule has 88 valence electrons. The maximum Gasteiger partial charge on any atom is 0.267 e. The van der Waals surface area contributed by atoms with E-state index in [-0.39, 0.29) is 4.90 Å². The zero-order valence-electron chi connectivity index (χ0n) is 8.82. The van der Waals surface area contributed by atoms with Crippen molar-refractivity contribution in [1.29, 1.82) is 0 Å². The van der Waals surface area contributed by atoms with Crippen molar-refractivity contribution in [2.24, 2.45) is 0 Å². The minimum Gasteiger partial charge on any atom is -0.249 e. The largest absolute Gasteiger partial charge is 0.267 e. The van der Waals surface area contributed by atoms with E-state index in [0.29, 0.717) is 0 Å². The summed E-state index contributed by atoms with van der Waals surface area (Å²) >= 11 is 3.27. The van der Waals surface area contributed by atoms with E-state index in [1.54, 1.807) is 48.6 Å². The Kier molecular flexibility index (Phi) is 3.49. The number of hydrogen-bond acceptors (Lipinski definition) is 2. The number of rotatable bonds is 2. The van der Waals surface area contributed by atoms with Gasteiger partial charge in [0, 0.05) is 16.9 Å². The second-order valence-corrected chi connectivity index (χ2v) is 6.12. The molecule has 0 aliphatic carbocycles. The number of hydrogen-bond donors (Lipinski definition) is 0. The fourth-order valence-corrected chi connectivity index (χ4v) is 2.78. The van der Waals surface area contributed by atoms with Crippen LogP contribution in [0.3, 0.4) is 0 Å². The molecule has 1 aliphatic heterocycles. The topological polar surface area (TPSA) is 37.4 Å². The fourth-order valence-electron chi connectivity index (χ4n) is 1.34. The quantitative estimate of drug-likeness (QED) is 0.842. The van der Waals surface area contributed by atoms with Gasteiger partial charge < -0.3 is 0 Å². The molecule has 0 saturated carbocycles. The van der Waals surface area contributed by atoms with Gasteiger partial charge in [0.2, 0.25) is 0 Å². The zero-order valence-corrected chi connectivity index (χ0v) is 11.2. The van der Waals surface area contributed by atoms with Gasteiger partial charge in [0.1, 0.15) is 0 Å². The first-order chi connectivity index (χ1) is 8.10. The first-order valence-corrected chi connectivity index (χ1v) is 7.15. The van der Waals surface area contributed by atoms with Gasteiger partial charge in [-0.2, -0.15) is 0 Å². The van der Waals surface area contributed by atoms with Gasteiger partial charge in [0.05, 0.1) is 4.90 Å². The Balaban J connectivity index is 2.39. The van der Waals surface area contributed by atoms with Crippen molar-refractivity contribution in [3.8, 4) is 0 Å². The zero-order chi connectivity index (χ0) is 12.3. The van der Waals surface area contributed by atoms with Gasteiger partial charge in [-0.05, 0) is 36.4 Å². The van der Waals surface area contributed by atoms with E-state index in [9.17, 15) is 8.42 Å². The molecule has 0 fully saturated rings. The van der Waals surface area contributed by atoms with E-state index in [4.69, 9.17) is 0 Å². The predicted octanol–water partition coefficient (Wildman–Crippen LogP) is 3.04.